The summed E-state index contributed by atoms with van der Waals surface area (Å²) in [4.78, 5) is 15.5. The van der Waals surface area contributed by atoms with Crippen LogP contribution in [0.15, 0.2) is 47.9 Å². The maximum absolute atomic E-state index is 13.6. The first-order valence-electron chi connectivity index (χ1n) is 6.85. The van der Waals surface area contributed by atoms with Gasteiger partial charge in [0.2, 0.25) is 0 Å². The van der Waals surface area contributed by atoms with E-state index in [0.29, 0.717) is 11.0 Å². The van der Waals surface area contributed by atoms with Gasteiger partial charge in [-0.15, -0.1) is 0 Å². The molecule has 0 amide bonds. The van der Waals surface area contributed by atoms with Gasteiger partial charge in [-0.1, -0.05) is 0 Å². The summed E-state index contributed by atoms with van der Waals surface area (Å²) in [6.45, 7) is 0.604. The van der Waals surface area contributed by atoms with Crippen molar-refractivity contribution in [3.63, 3.8) is 0 Å². The van der Waals surface area contributed by atoms with E-state index in [4.69, 9.17) is 0 Å². The van der Waals surface area contributed by atoms with E-state index in [1.807, 2.05) is 0 Å². The molecule has 2 rings (SSSR count). The molecule has 1 atom stereocenters. The van der Waals surface area contributed by atoms with Crippen LogP contribution in [0, 0.1) is 0 Å². The predicted octanol–water partition coefficient (Wildman–Crippen LogP) is 3.11. The van der Waals surface area contributed by atoms with E-state index in [-0.39, 0.29) is 11.3 Å². The zero-order valence-electron chi connectivity index (χ0n) is 12.7. The highest BCUT2D eigenvalue weighted by atomic mass is 19.4. The van der Waals surface area contributed by atoms with Gasteiger partial charge in [-0.3, -0.25) is 9.78 Å². The highest BCUT2D eigenvalue weighted by Crippen LogP contribution is 2.45. The molecule has 0 spiro atoms. The molecule has 0 aromatic carbocycles. The van der Waals surface area contributed by atoms with Crippen LogP contribution >= 0.6 is 0 Å². The SMILES string of the molecule is CC1=CC=C(C(=O)C(F)(F)F)C(O)(C(F)(F)F)N1Cc1ccncc1. The molecule has 1 aromatic rings. The number of ketones is 1. The number of Topliss-reactive ketones (excluding diaryl/α,β-unsaturated/α-hetero) is 1. The summed E-state index contributed by atoms with van der Waals surface area (Å²) in [6, 6.07) is 2.68. The van der Waals surface area contributed by atoms with Crippen molar-refractivity contribution in [2.45, 2.75) is 31.5 Å². The van der Waals surface area contributed by atoms with Crippen molar-refractivity contribution in [2.75, 3.05) is 0 Å². The number of aliphatic hydroxyl groups is 1. The number of allylic oxidation sites excluding steroid dienone is 3. The fourth-order valence-corrected chi connectivity index (χ4v) is 2.41. The number of pyridine rings is 1. The summed E-state index contributed by atoms with van der Waals surface area (Å²) < 4.78 is 78.8. The van der Waals surface area contributed by atoms with Crippen molar-refractivity contribution in [1.82, 2.24) is 9.88 Å². The lowest BCUT2D eigenvalue weighted by Gasteiger charge is -2.45. The lowest BCUT2D eigenvalue weighted by atomic mass is 9.91. The Hall–Kier alpha value is -2.36. The number of rotatable bonds is 3. The normalized spacial score (nSPS) is 21.7. The molecule has 10 heteroatoms. The number of halogens is 6. The Morgan fingerprint density at radius 1 is 1.16 bits per heavy atom. The minimum absolute atomic E-state index is 0.157. The molecule has 2 heterocycles. The molecule has 0 radical (unpaired) electrons. The van der Waals surface area contributed by atoms with Gasteiger partial charge in [-0.2, -0.15) is 26.3 Å². The Bertz CT molecular complexity index is 724. The van der Waals surface area contributed by atoms with E-state index in [1.165, 1.54) is 31.5 Å². The maximum atomic E-state index is 13.6. The molecule has 4 nitrogen and oxygen atoms in total. The quantitative estimate of drug-likeness (QED) is 0.836. The zero-order valence-corrected chi connectivity index (χ0v) is 12.7. The number of nitrogens with zero attached hydrogens (tertiary/aromatic N) is 2. The fourth-order valence-electron chi connectivity index (χ4n) is 2.41. The predicted molar refractivity (Wildman–Crippen MR) is 73.7 cm³/mol. The molecule has 0 saturated heterocycles. The standard InChI is InChI=1S/C15H12F6N2O2/c1-9-2-3-11(12(24)14(16,17)18)13(25,15(19,20)21)23(9)8-10-4-6-22-7-5-10/h2-7,25H,8H2,1H3. The van der Waals surface area contributed by atoms with Crippen molar-refractivity contribution in [2.24, 2.45) is 0 Å². The molecule has 1 N–H and O–H groups in total. The summed E-state index contributed by atoms with van der Waals surface area (Å²) in [6.07, 6.45) is -7.29. The van der Waals surface area contributed by atoms with Gasteiger partial charge in [-0.25, -0.2) is 0 Å². The van der Waals surface area contributed by atoms with Crippen LogP contribution in [-0.2, 0) is 11.3 Å². The van der Waals surface area contributed by atoms with Gasteiger partial charge in [0.15, 0.2) is 0 Å². The Kier molecular flexibility index (Phi) is 4.69. The average Bonchev–Trinajstić information content (AvgIpc) is 2.50. The van der Waals surface area contributed by atoms with Crippen molar-refractivity contribution >= 4 is 5.78 Å². The monoisotopic (exact) mass is 366 g/mol. The van der Waals surface area contributed by atoms with Gasteiger partial charge >= 0.3 is 12.4 Å². The first kappa shape index (κ1) is 19.0. The minimum Gasteiger partial charge on any atom is -0.360 e. The molecule has 136 valence electrons. The molecule has 0 aliphatic carbocycles. The summed E-state index contributed by atoms with van der Waals surface area (Å²) >= 11 is 0. The highest BCUT2D eigenvalue weighted by Gasteiger charge is 2.65. The number of hydrogen-bond acceptors (Lipinski definition) is 4. The van der Waals surface area contributed by atoms with Crippen LogP contribution < -0.4 is 0 Å². The smallest absolute Gasteiger partial charge is 0.360 e. The lowest BCUT2D eigenvalue weighted by molar-refractivity contribution is -0.295. The second kappa shape index (κ2) is 6.17. The molecule has 0 bridgehead atoms. The topological polar surface area (TPSA) is 53.4 Å². The Morgan fingerprint density at radius 2 is 1.72 bits per heavy atom. The molecular weight excluding hydrogens is 354 g/mol. The third kappa shape index (κ3) is 3.39. The van der Waals surface area contributed by atoms with Gasteiger partial charge in [0.1, 0.15) is 0 Å². The summed E-state index contributed by atoms with van der Waals surface area (Å²) in [5.74, 6) is -2.75. The Labute approximate surface area is 138 Å². The first-order valence-corrected chi connectivity index (χ1v) is 6.85. The number of aromatic nitrogens is 1. The van der Waals surface area contributed by atoms with Crippen LogP contribution in [0.4, 0.5) is 26.3 Å². The van der Waals surface area contributed by atoms with E-state index in [1.54, 1.807) is 0 Å². The lowest BCUT2D eigenvalue weighted by Crippen LogP contribution is -2.62. The summed E-state index contributed by atoms with van der Waals surface area (Å²) in [7, 11) is 0. The fraction of sp³-hybridized carbons (Fsp3) is 0.333. The minimum atomic E-state index is -5.56. The van der Waals surface area contributed by atoms with Crippen LogP contribution in [0.25, 0.3) is 0 Å². The Balaban J connectivity index is 2.57. The molecule has 0 fully saturated rings. The summed E-state index contributed by atoms with van der Waals surface area (Å²) in [5.41, 5.74) is -5.81. The van der Waals surface area contributed by atoms with Crippen LogP contribution in [-0.4, -0.2) is 38.9 Å². The van der Waals surface area contributed by atoms with Crippen molar-refractivity contribution < 1.29 is 36.2 Å². The van der Waals surface area contributed by atoms with Crippen LogP contribution in [0.5, 0.6) is 0 Å². The highest BCUT2D eigenvalue weighted by molar-refractivity contribution is 6.02. The van der Waals surface area contributed by atoms with Crippen LogP contribution in [0.3, 0.4) is 0 Å². The van der Waals surface area contributed by atoms with Gasteiger partial charge < -0.3 is 10.0 Å². The number of alkyl halides is 6. The van der Waals surface area contributed by atoms with E-state index >= 15 is 0 Å². The molecule has 1 unspecified atom stereocenters. The number of carbonyl (C=O) groups excluding carboxylic acids is 1. The van der Waals surface area contributed by atoms with Crippen molar-refractivity contribution in [3.8, 4) is 0 Å². The van der Waals surface area contributed by atoms with Crippen LogP contribution in [0.2, 0.25) is 0 Å². The second-order valence-corrected chi connectivity index (χ2v) is 5.33. The van der Waals surface area contributed by atoms with Crippen LogP contribution in [0.1, 0.15) is 12.5 Å². The Morgan fingerprint density at radius 3 is 2.20 bits per heavy atom. The first-order chi connectivity index (χ1) is 11.4. The average molecular weight is 366 g/mol. The number of hydrogen-bond donors (Lipinski definition) is 1. The molecule has 25 heavy (non-hydrogen) atoms. The molecule has 0 saturated carbocycles. The molecule has 1 aromatic heterocycles. The summed E-state index contributed by atoms with van der Waals surface area (Å²) in [5, 5.41) is 10.2. The third-order valence-electron chi connectivity index (χ3n) is 3.67. The van der Waals surface area contributed by atoms with Crippen molar-refractivity contribution in [3.05, 3.63) is 53.5 Å². The zero-order chi connectivity index (χ0) is 19.0. The largest absolute Gasteiger partial charge is 0.454 e. The van der Waals surface area contributed by atoms with Gasteiger partial charge in [-0.05, 0) is 36.8 Å². The van der Waals surface area contributed by atoms with E-state index in [9.17, 15) is 36.2 Å². The maximum Gasteiger partial charge on any atom is 0.454 e. The molecule has 1 aliphatic rings. The second-order valence-electron chi connectivity index (χ2n) is 5.33. The van der Waals surface area contributed by atoms with Crippen molar-refractivity contribution in [1.29, 1.82) is 0 Å². The van der Waals surface area contributed by atoms with Gasteiger partial charge in [0.05, 0.1) is 5.57 Å². The van der Waals surface area contributed by atoms with E-state index < -0.39 is 36.0 Å². The number of carbonyl (C=O) groups is 1. The molecular formula is C15H12F6N2O2. The van der Waals surface area contributed by atoms with E-state index in [2.05, 4.69) is 4.98 Å². The van der Waals surface area contributed by atoms with E-state index in [0.717, 1.165) is 6.08 Å². The molecule has 1 aliphatic heterocycles. The third-order valence-corrected chi connectivity index (χ3v) is 3.67. The van der Waals surface area contributed by atoms with Gasteiger partial charge in [0, 0.05) is 24.6 Å². The van der Waals surface area contributed by atoms with Gasteiger partial charge in [0.25, 0.3) is 11.5 Å².